The van der Waals surface area contributed by atoms with Gasteiger partial charge in [0, 0.05) is 5.33 Å². The van der Waals surface area contributed by atoms with Crippen molar-refractivity contribution in [3.8, 4) is 12.1 Å². The standard InChI is InChI=1S/C7H7Br.C2N2/c8-6-7-4-2-1-3-5-7;3-1-2-4/h1-5H,6H2;. The fourth-order valence-corrected chi connectivity index (χ4v) is 0.941. The van der Waals surface area contributed by atoms with E-state index in [-0.39, 0.29) is 0 Å². The number of rotatable bonds is 1. The highest BCUT2D eigenvalue weighted by atomic mass is 79.9. The van der Waals surface area contributed by atoms with Crippen molar-refractivity contribution in [2.45, 2.75) is 5.33 Å². The molecule has 0 bridgehead atoms. The number of hydrogen-bond acceptors (Lipinski definition) is 2. The van der Waals surface area contributed by atoms with Crippen LogP contribution < -0.4 is 0 Å². The number of hydrogen-bond donors (Lipinski definition) is 0. The second-order valence-electron chi connectivity index (χ2n) is 1.84. The van der Waals surface area contributed by atoms with E-state index in [1.165, 1.54) is 17.7 Å². The van der Waals surface area contributed by atoms with E-state index in [0.29, 0.717) is 0 Å². The quantitative estimate of drug-likeness (QED) is 0.687. The molecule has 0 aromatic heterocycles. The Morgan fingerprint density at radius 1 is 1.08 bits per heavy atom. The molecule has 0 aliphatic carbocycles. The van der Waals surface area contributed by atoms with E-state index in [2.05, 4.69) is 28.1 Å². The highest BCUT2D eigenvalue weighted by Gasteiger charge is 1.81. The summed E-state index contributed by atoms with van der Waals surface area (Å²) >= 11 is 3.36. The van der Waals surface area contributed by atoms with Crippen LogP contribution in [0.15, 0.2) is 30.3 Å². The second kappa shape index (κ2) is 7.78. The number of benzene rings is 1. The topological polar surface area (TPSA) is 47.6 Å². The summed E-state index contributed by atoms with van der Waals surface area (Å²) in [6.45, 7) is 0. The molecule has 1 rings (SSSR count). The third-order valence-corrected chi connectivity index (χ3v) is 1.69. The summed E-state index contributed by atoms with van der Waals surface area (Å²) in [5, 5.41) is 15.5. The number of halogens is 1. The van der Waals surface area contributed by atoms with Crippen molar-refractivity contribution in [1.29, 1.82) is 10.5 Å². The lowest BCUT2D eigenvalue weighted by atomic mass is 10.2. The van der Waals surface area contributed by atoms with Gasteiger partial charge in [0.1, 0.15) is 0 Å². The Bertz CT molecular complexity index is 270. The lowest BCUT2D eigenvalue weighted by molar-refractivity contribution is 1.44. The van der Waals surface area contributed by atoms with E-state index in [1.807, 2.05) is 18.2 Å². The van der Waals surface area contributed by atoms with E-state index in [9.17, 15) is 0 Å². The zero-order valence-electron chi connectivity index (χ0n) is 6.37. The minimum atomic E-state index is 0.952. The summed E-state index contributed by atoms with van der Waals surface area (Å²) < 4.78 is 0. The monoisotopic (exact) mass is 222 g/mol. The number of nitriles is 2. The van der Waals surface area contributed by atoms with E-state index < -0.39 is 0 Å². The maximum atomic E-state index is 7.26. The maximum Gasteiger partial charge on any atom is 0.181 e. The van der Waals surface area contributed by atoms with Gasteiger partial charge < -0.3 is 0 Å². The molecule has 60 valence electrons. The van der Waals surface area contributed by atoms with Crippen LogP contribution in [-0.2, 0) is 5.33 Å². The van der Waals surface area contributed by atoms with Crippen LogP contribution in [0.4, 0.5) is 0 Å². The molecule has 0 spiro atoms. The molecule has 0 amide bonds. The minimum absolute atomic E-state index is 0.952. The third kappa shape index (κ3) is 5.46. The van der Waals surface area contributed by atoms with E-state index in [0.717, 1.165) is 5.33 Å². The van der Waals surface area contributed by atoms with Gasteiger partial charge in [-0.3, -0.25) is 0 Å². The maximum absolute atomic E-state index is 7.26. The summed E-state index contributed by atoms with van der Waals surface area (Å²) in [5.74, 6) is 0. The van der Waals surface area contributed by atoms with E-state index >= 15 is 0 Å². The average molecular weight is 223 g/mol. The zero-order valence-corrected chi connectivity index (χ0v) is 7.95. The predicted molar refractivity (Wildman–Crippen MR) is 50.3 cm³/mol. The van der Waals surface area contributed by atoms with Crippen LogP contribution in [-0.4, -0.2) is 0 Å². The van der Waals surface area contributed by atoms with Crippen molar-refractivity contribution in [1.82, 2.24) is 0 Å². The first kappa shape index (κ1) is 10.7. The van der Waals surface area contributed by atoms with Crippen LogP contribution in [0.3, 0.4) is 0 Å². The number of alkyl halides is 1. The van der Waals surface area contributed by atoms with Crippen molar-refractivity contribution in [2.75, 3.05) is 0 Å². The fourth-order valence-electron chi connectivity index (χ4n) is 0.567. The van der Waals surface area contributed by atoms with Gasteiger partial charge in [-0.25, -0.2) is 0 Å². The molecule has 0 fully saturated rings. The molecule has 3 heteroatoms. The van der Waals surface area contributed by atoms with Crippen molar-refractivity contribution in [3.63, 3.8) is 0 Å². The highest BCUT2D eigenvalue weighted by Crippen LogP contribution is 2.02. The molecule has 1 aromatic rings. The van der Waals surface area contributed by atoms with Gasteiger partial charge >= 0.3 is 0 Å². The van der Waals surface area contributed by atoms with Gasteiger partial charge in [0.25, 0.3) is 0 Å². The lowest BCUT2D eigenvalue weighted by Crippen LogP contribution is -1.70. The Balaban J connectivity index is 0.000000261. The SMILES string of the molecule is BrCc1ccccc1.N#CC#N. The lowest BCUT2D eigenvalue weighted by Gasteiger charge is -1.88. The molecule has 0 aliphatic heterocycles. The molecule has 2 nitrogen and oxygen atoms in total. The summed E-state index contributed by atoms with van der Waals surface area (Å²) in [6, 6.07) is 12.8. The summed E-state index contributed by atoms with van der Waals surface area (Å²) in [5.41, 5.74) is 1.33. The van der Waals surface area contributed by atoms with Crippen molar-refractivity contribution in [3.05, 3.63) is 35.9 Å². The van der Waals surface area contributed by atoms with Crippen LogP contribution in [0, 0.1) is 22.7 Å². The van der Waals surface area contributed by atoms with Gasteiger partial charge in [0.05, 0.1) is 0 Å². The average Bonchev–Trinajstić information content (AvgIpc) is 2.19. The highest BCUT2D eigenvalue weighted by molar-refractivity contribution is 9.08. The molecule has 0 aliphatic rings. The van der Waals surface area contributed by atoms with Gasteiger partial charge in [0.15, 0.2) is 12.1 Å². The van der Waals surface area contributed by atoms with Gasteiger partial charge in [-0.1, -0.05) is 46.3 Å². The van der Waals surface area contributed by atoms with Gasteiger partial charge in [0.2, 0.25) is 0 Å². The van der Waals surface area contributed by atoms with Crippen LogP contribution >= 0.6 is 15.9 Å². The largest absolute Gasteiger partial charge is 0.181 e. The molecule has 0 N–H and O–H groups in total. The molecule has 0 saturated heterocycles. The Labute approximate surface area is 80.2 Å². The zero-order chi connectivity index (χ0) is 9.23. The fraction of sp³-hybridized carbons (Fsp3) is 0.111. The van der Waals surface area contributed by atoms with Crippen molar-refractivity contribution >= 4 is 15.9 Å². The first-order chi connectivity index (χ1) is 5.85. The van der Waals surface area contributed by atoms with E-state index in [1.54, 1.807) is 0 Å². The van der Waals surface area contributed by atoms with E-state index in [4.69, 9.17) is 10.5 Å². The first-order valence-electron chi connectivity index (χ1n) is 3.23. The number of nitrogens with zero attached hydrogens (tertiary/aromatic N) is 2. The van der Waals surface area contributed by atoms with Gasteiger partial charge in [-0.15, -0.1) is 0 Å². The predicted octanol–water partition coefficient (Wildman–Crippen LogP) is 2.62. The molecule has 0 saturated carbocycles. The Kier molecular flexibility index (Phi) is 6.93. The molecule has 12 heavy (non-hydrogen) atoms. The Morgan fingerprint density at radius 3 is 1.83 bits per heavy atom. The summed E-state index contributed by atoms with van der Waals surface area (Å²) in [4.78, 5) is 0. The molecule has 1 aromatic carbocycles. The third-order valence-electron chi connectivity index (χ3n) is 1.05. The van der Waals surface area contributed by atoms with Crippen molar-refractivity contribution in [2.24, 2.45) is 0 Å². The van der Waals surface area contributed by atoms with Gasteiger partial charge in [-0.05, 0) is 5.56 Å². The van der Waals surface area contributed by atoms with Crippen LogP contribution in [0.2, 0.25) is 0 Å². The molecular formula is C9H7BrN2. The summed E-state index contributed by atoms with van der Waals surface area (Å²) in [6.07, 6.45) is 0. The first-order valence-corrected chi connectivity index (χ1v) is 4.35. The molecular weight excluding hydrogens is 216 g/mol. The normalized spacial score (nSPS) is 6.92. The summed E-state index contributed by atoms with van der Waals surface area (Å²) in [7, 11) is 0. The Hall–Kier alpha value is -1.32. The van der Waals surface area contributed by atoms with Crippen LogP contribution in [0.25, 0.3) is 0 Å². The molecule has 0 unspecified atom stereocenters. The Morgan fingerprint density at radius 2 is 1.58 bits per heavy atom. The smallest absolute Gasteiger partial charge is 0.181 e. The van der Waals surface area contributed by atoms with Crippen molar-refractivity contribution < 1.29 is 0 Å². The van der Waals surface area contributed by atoms with Gasteiger partial charge in [-0.2, -0.15) is 10.5 Å². The molecule has 0 heterocycles. The van der Waals surface area contributed by atoms with Crippen LogP contribution in [0.5, 0.6) is 0 Å². The van der Waals surface area contributed by atoms with Crippen LogP contribution in [0.1, 0.15) is 5.56 Å². The minimum Gasteiger partial charge on any atom is -0.181 e. The molecule has 0 radical (unpaired) electrons. The molecule has 0 atom stereocenters. The second-order valence-corrected chi connectivity index (χ2v) is 2.40.